The Hall–Kier alpha value is -3.18. The minimum Gasteiger partial charge on any atom is -0.379 e. The van der Waals surface area contributed by atoms with E-state index in [0.29, 0.717) is 48.3 Å². The molecule has 0 spiro atoms. The molecule has 0 aliphatic carbocycles. The normalized spacial score (nSPS) is 20.4. The molecular weight excluding hydrogens is 436 g/mol. The van der Waals surface area contributed by atoms with Crippen molar-refractivity contribution >= 4 is 22.9 Å². The molecule has 1 N–H and O–H groups in total. The Morgan fingerprint density at radius 3 is 2.50 bits per heavy atom. The van der Waals surface area contributed by atoms with Crippen LogP contribution in [0.5, 0.6) is 0 Å². The summed E-state index contributed by atoms with van der Waals surface area (Å²) < 4.78 is 13.3. The molecule has 1 saturated heterocycles. The molecule has 1 fully saturated rings. The van der Waals surface area contributed by atoms with Gasteiger partial charge >= 0.3 is 0 Å². The summed E-state index contributed by atoms with van der Waals surface area (Å²) in [5.41, 5.74) is 2.02. The Morgan fingerprint density at radius 1 is 1.21 bits per heavy atom. The smallest absolute Gasteiger partial charge is 0.247 e. The molecule has 0 bridgehead atoms. The van der Waals surface area contributed by atoms with E-state index in [1.165, 1.54) is 6.33 Å². The zero-order valence-corrected chi connectivity index (χ0v) is 20.5. The number of anilines is 1. The Labute approximate surface area is 198 Å². The topological polar surface area (TPSA) is 120 Å². The summed E-state index contributed by atoms with van der Waals surface area (Å²) in [6.07, 6.45) is 4.51. The second kappa shape index (κ2) is 9.98. The van der Waals surface area contributed by atoms with Gasteiger partial charge in [-0.25, -0.2) is 24.9 Å². The van der Waals surface area contributed by atoms with Gasteiger partial charge in [0, 0.05) is 39.1 Å². The molecule has 1 aliphatic heterocycles. The maximum Gasteiger partial charge on any atom is 0.247 e. The number of imidazole rings is 1. The highest BCUT2D eigenvalue weighted by molar-refractivity contribution is 5.91. The number of nitrogens with zero attached hydrogens (tertiary/aromatic N) is 7. The second-order valence-electron chi connectivity index (χ2n) is 8.66. The second-order valence-corrected chi connectivity index (χ2v) is 8.66. The summed E-state index contributed by atoms with van der Waals surface area (Å²) in [5, 5.41) is 3.31. The van der Waals surface area contributed by atoms with Gasteiger partial charge in [0.2, 0.25) is 5.91 Å². The van der Waals surface area contributed by atoms with Crippen LogP contribution < -0.4 is 5.32 Å². The van der Waals surface area contributed by atoms with Crippen molar-refractivity contribution in [2.75, 3.05) is 25.5 Å². The number of amides is 1. The van der Waals surface area contributed by atoms with Crippen LogP contribution in [-0.2, 0) is 20.8 Å². The van der Waals surface area contributed by atoms with Crippen molar-refractivity contribution < 1.29 is 14.3 Å². The molecule has 182 valence electrons. The van der Waals surface area contributed by atoms with E-state index in [0.717, 1.165) is 5.56 Å². The maximum atomic E-state index is 13.6. The van der Waals surface area contributed by atoms with Gasteiger partial charge in [0.1, 0.15) is 24.0 Å². The highest BCUT2D eigenvalue weighted by atomic mass is 16.5. The number of hydrogen-bond donors (Lipinski definition) is 1. The van der Waals surface area contributed by atoms with Crippen LogP contribution in [-0.4, -0.2) is 84.8 Å². The monoisotopic (exact) mass is 468 g/mol. The van der Waals surface area contributed by atoms with Crippen molar-refractivity contribution in [2.24, 2.45) is 0 Å². The van der Waals surface area contributed by atoms with Gasteiger partial charge in [-0.2, -0.15) is 0 Å². The van der Waals surface area contributed by atoms with Crippen LogP contribution in [0.2, 0.25) is 0 Å². The number of carbonyl (C=O) groups excluding carboxylic acids is 1. The quantitative estimate of drug-likeness (QED) is 0.555. The van der Waals surface area contributed by atoms with Crippen LogP contribution in [0, 0.1) is 6.92 Å². The Morgan fingerprint density at radius 2 is 1.88 bits per heavy atom. The maximum absolute atomic E-state index is 13.6. The molecule has 3 aromatic heterocycles. The van der Waals surface area contributed by atoms with Gasteiger partial charge in [-0.3, -0.25) is 4.79 Å². The lowest BCUT2D eigenvalue weighted by Crippen LogP contribution is -2.55. The van der Waals surface area contributed by atoms with E-state index < -0.39 is 12.1 Å². The Kier molecular flexibility index (Phi) is 7.03. The van der Waals surface area contributed by atoms with Gasteiger partial charge in [-0.15, -0.1) is 0 Å². The highest BCUT2D eigenvalue weighted by Crippen LogP contribution is 2.27. The van der Waals surface area contributed by atoms with E-state index in [-0.39, 0.29) is 18.1 Å². The minimum absolute atomic E-state index is 0.0310. The van der Waals surface area contributed by atoms with E-state index in [2.05, 4.69) is 25.3 Å². The molecule has 1 aliphatic rings. The SMILES string of the molecule is CCn1c(-c2cnc(C)nc2)nc2c(NC(C(=O)N3C[C@@H](C)O[C@@H](C)C3)C(C)OC)ncnc21. The molecule has 0 radical (unpaired) electrons. The Balaban J connectivity index is 1.71. The number of fused-ring (bicyclic) bond motifs is 1. The zero-order chi connectivity index (χ0) is 24.4. The number of ether oxygens (including phenoxy) is 2. The summed E-state index contributed by atoms with van der Waals surface area (Å²) in [4.78, 5) is 37.7. The first-order chi connectivity index (χ1) is 16.3. The molecule has 0 aromatic carbocycles. The van der Waals surface area contributed by atoms with E-state index in [4.69, 9.17) is 14.5 Å². The standard InChI is InChI=1S/C23H32N8O3/c1-7-31-21(17-8-24-16(5)25-9-17)29-19-20(26-12-27-22(19)31)28-18(15(4)33-6)23(32)30-10-13(2)34-14(3)11-30/h8-9,12-15,18H,7,10-11H2,1-6H3,(H,26,27,28)/t13-,14+,15?,18?. The van der Waals surface area contributed by atoms with E-state index in [1.807, 2.05) is 44.1 Å². The highest BCUT2D eigenvalue weighted by Gasteiger charge is 2.34. The first-order valence-corrected chi connectivity index (χ1v) is 11.6. The lowest BCUT2D eigenvalue weighted by atomic mass is 10.1. The van der Waals surface area contributed by atoms with Crippen molar-refractivity contribution in [3.8, 4) is 11.4 Å². The molecule has 11 heteroatoms. The average molecular weight is 469 g/mol. The number of aryl methyl sites for hydroxylation is 2. The molecule has 2 unspecified atom stereocenters. The fourth-order valence-corrected chi connectivity index (χ4v) is 4.29. The van der Waals surface area contributed by atoms with Crippen LogP contribution in [0.15, 0.2) is 18.7 Å². The number of aromatic nitrogens is 6. The average Bonchev–Trinajstić information content (AvgIpc) is 3.21. The molecule has 4 atom stereocenters. The first-order valence-electron chi connectivity index (χ1n) is 11.6. The van der Waals surface area contributed by atoms with Crippen LogP contribution in [0.1, 0.15) is 33.5 Å². The molecular formula is C23H32N8O3. The number of carbonyl (C=O) groups is 1. The number of methoxy groups -OCH3 is 1. The van der Waals surface area contributed by atoms with Crippen molar-refractivity contribution in [1.82, 2.24) is 34.4 Å². The fraction of sp³-hybridized carbons (Fsp3) is 0.565. The van der Waals surface area contributed by atoms with Gasteiger partial charge in [0.25, 0.3) is 0 Å². The lowest BCUT2D eigenvalue weighted by Gasteiger charge is -2.38. The van der Waals surface area contributed by atoms with Crippen molar-refractivity contribution in [2.45, 2.75) is 65.5 Å². The molecule has 3 aromatic rings. The van der Waals surface area contributed by atoms with E-state index >= 15 is 0 Å². The number of nitrogens with one attached hydrogen (secondary N) is 1. The third kappa shape index (κ3) is 4.71. The summed E-state index contributed by atoms with van der Waals surface area (Å²) >= 11 is 0. The fourth-order valence-electron chi connectivity index (χ4n) is 4.29. The molecule has 34 heavy (non-hydrogen) atoms. The molecule has 0 saturated carbocycles. The lowest BCUT2D eigenvalue weighted by molar-refractivity contribution is -0.146. The van der Waals surface area contributed by atoms with E-state index in [1.54, 1.807) is 19.5 Å². The predicted octanol–water partition coefficient (Wildman–Crippen LogP) is 2.06. The van der Waals surface area contributed by atoms with Crippen LogP contribution in [0.25, 0.3) is 22.6 Å². The molecule has 4 heterocycles. The Bertz CT molecular complexity index is 1140. The summed E-state index contributed by atoms with van der Waals surface area (Å²) in [7, 11) is 1.59. The number of hydrogen-bond acceptors (Lipinski definition) is 9. The summed E-state index contributed by atoms with van der Waals surface area (Å²) in [6.45, 7) is 11.4. The minimum atomic E-state index is -0.654. The van der Waals surface area contributed by atoms with Crippen molar-refractivity contribution in [3.05, 3.63) is 24.5 Å². The van der Waals surface area contributed by atoms with Gasteiger partial charge in [0.05, 0.1) is 23.9 Å². The van der Waals surface area contributed by atoms with Gasteiger partial charge in [0.15, 0.2) is 17.0 Å². The number of rotatable bonds is 7. The number of morpholine rings is 1. The zero-order valence-electron chi connectivity index (χ0n) is 20.5. The summed E-state index contributed by atoms with van der Waals surface area (Å²) in [6, 6.07) is -0.654. The third-order valence-corrected chi connectivity index (χ3v) is 6.02. The van der Waals surface area contributed by atoms with Gasteiger partial charge in [-0.1, -0.05) is 0 Å². The van der Waals surface area contributed by atoms with Crippen LogP contribution in [0.3, 0.4) is 0 Å². The molecule has 11 nitrogen and oxygen atoms in total. The first kappa shape index (κ1) is 24.0. The van der Waals surface area contributed by atoms with Gasteiger partial charge in [-0.05, 0) is 34.6 Å². The molecule has 1 amide bonds. The van der Waals surface area contributed by atoms with E-state index in [9.17, 15) is 4.79 Å². The van der Waals surface area contributed by atoms with Crippen molar-refractivity contribution in [1.29, 1.82) is 0 Å². The van der Waals surface area contributed by atoms with Crippen molar-refractivity contribution in [3.63, 3.8) is 0 Å². The third-order valence-electron chi connectivity index (χ3n) is 6.02. The van der Waals surface area contributed by atoms with Crippen LogP contribution in [0.4, 0.5) is 5.82 Å². The summed E-state index contributed by atoms with van der Waals surface area (Å²) in [5.74, 6) is 1.79. The van der Waals surface area contributed by atoms with Gasteiger partial charge < -0.3 is 24.3 Å². The van der Waals surface area contributed by atoms with Crippen LogP contribution >= 0.6 is 0 Å². The largest absolute Gasteiger partial charge is 0.379 e. The predicted molar refractivity (Wildman–Crippen MR) is 127 cm³/mol. The molecule has 4 rings (SSSR count).